The number of nitrogens with two attached hydrogens (primary N) is 1. The lowest BCUT2D eigenvalue weighted by Crippen LogP contribution is -1.96. The van der Waals surface area contributed by atoms with Crippen molar-refractivity contribution in [3.8, 4) is 0 Å². The zero-order valence-electron chi connectivity index (χ0n) is 10.7. The summed E-state index contributed by atoms with van der Waals surface area (Å²) in [6, 6.07) is 16.0. The molecule has 0 atom stereocenters. The fourth-order valence-electron chi connectivity index (χ4n) is 2.22. The number of nitrogens with zero attached hydrogens (tertiary/aromatic N) is 1. The first-order valence-electron chi connectivity index (χ1n) is 6.21. The van der Waals surface area contributed by atoms with Crippen molar-refractivity contribution in [3.05, 3.63) is 60.3 Å². The Balaban J connectivity index is 2.14. The maximum atomic E-state index is 6.06. The number of pyridine rings is 1. The topological polar surface area (TPSA) is 50.9 Å². The number of aryl methyl sites for hydroxylation is 1. The molecule has 0 aliphatic heterocycles. The minimum atomic E-state index is 0.786. The third-order valence-electron chi connectivity index (χ3n) is 3.09. The van der Waals surface area contributed by atoms with Crippen LogP contribution in [0.1, 0.15) is 5.56 Å². The molecule has 0 saturated heterocycles. The molecule has 3 N–H and O–H groups in total. The normalized spacial score (nSPS) is 10.6. The molecule has 2 aromatic carbocycles. The molecule has 3 aromatic rings. The highest BCUT2D eigenvalue weighted by molar-refractivity contribution is 6.00. The highest BCUT2D eigenvalue weighted by atomic mass is 15.0. The van der Waals surface area contributed by atoms with Crippen LogP contribution in [0.15, 0.2) is 54.7 Å². The van der Waals surface area contributed by atoms with Gasteiger partial charge in [-0.3, -0.25) is 0 Å². The van der Waals surface area contributed by atoms with Gasteiger partial charge in [-0.15, -0.1) is 0 Å². The Morgan fingerprint density at radius 1 is 1.00 bits per heavy atom. The number of nitrogens with one attached hydrogen (secondary N) is 1. The summed E-state index contributed by atoms with van der Waals surface area (Å²) < 4.78 is 0. The lowest BCUT2D eigenvalue weighted by molar-refractivity contribution is 1.33. The van der Waals surface area contributed by atoms with E-state index in [-0.39, 0.29) is 0 Å². The van der Waals surface area contributed by atoms with Gasteiger partial charge in [0.05, 0.1) is 0 Å². The van der Waals surface area contributed by atoms with Crippen LogP contribution in [-0.4, -0.2) is 4.98 Å². The number of benzene rings is 2. The van der Waals surface area contributed by atoms with E-state index in [4.69, 9.17) is 5.73 Å². The van der Waals surface area contributed by atoms with E-state index in [9.17, 15) is 0 Å². The number of anilines is 3. The summed E-state index contributed by atoms with van der Waals surface area (Å²) in [4.78, 5) is 4.42. The van der Waals surface area contributed by atoms with Crippen molar-refractivity contribution in [1.29, 1.82) is 0 Å². The van der Waals surface area contributed by atoms with Gasteiger partial charge in [-0.1, -0.05) is 18.2 Å². The number of rotatable bonds is 2. The standard InChI is InChI=1S/C16H15N3/c1-11-9-14-13(15(17)10-11)7-8-18-16(14)19-12-5-3-2-4-6-12/h2-10H,17H2,1H3,(H,18,19). The summed E-state index contributed by atoms with van der Waals surface area (Å²) in [5.74, 6) is 0.833. The van der Waals surface area contributed by atoms with Gasteiger partial charge in [0.25, 0.3) is 0 Å². The molecule has 94 valence electrons. The Morgan fingerprint density at radius 2 is 1.79 bits per heavy atom. The van der Waals surface area contributed by atoms with E-state index >= 15 is 0 Å². The average molecular weight is 249 g/mol. The Morgan fingerprint density at radius 3 is 2.58 bits per heavy atom. The van der Waals surface area contributed by atoms with Gasteiger partial charge in [-0.2, -0.15) is 0 Å². The molecule has 3 nitrogen and oxygen atoms in total. The summed E-state index contributed by atoms with van der Waals surface area (Å²) in [6.45, 7) is 2.04. The molecule has 0 unspecified atom stereocenters. The summed E-state index contributed by atoms with van der Waals surface area (Å²) in [5, 5.41) is 5.41. The first-order valence-corrected chi connectivity index (χ1v) is 6.21. The summed E-state index contributed by atoms with van der Waals surface area (Å²) in [7, 11) is 0. The molecule has 1 heterocycles. The van der Waals surface area contributed by atoms with Gasteiger partial charge in [0.2, 0.25) is 0 Å². The summed E-state index contributed by atoms with van der Waals surface area (Å²) in [6.07, 6.45) is 1.78. The van der Waals surface area contributed by atoms with Crippen molar-refractivity contribution >= 4 is 28.0 Å². The van der Waals surface area contributed by atoms with Crippen molar-refractivity contribution in [1.82, 2.24) is 4.98 Å². The molecule has 0 spiro atoms. The second-order valence-corrected chi connectivity index (χ2v) is 4.60. The first kappa shape index (κ1) is 11.5. The van der Waals surface area contributed by atoms with Crippen LogP contribution in [0.2, 0.25) is 0 Å². The number of nitrogen functional groups attached to an aromatic ring is 1. The molecule has 3 rings (SSSR count). The van der Waals surface area contributed by atoms with Gasteiger partial charge in [-0.05, 0) is 42.8 Å². The van der Waals surface area contributed by atoms with E-state index in [1.165, 1.54) is 0 Å². The molecular weight excluding hydrogens is 234 g/mol. The lowest BCUT2D eigenvalue weighted by atomic mass is 10.1. The summed E-state index contributed by atoms with van der Waals surface area (Å²) in [5.41, 5.74) is 9.00. The van der Waals surface area contributed by atoms with E-state index in [0.29, 0.717) is 0 Å². The zero-order valence-corrected chi connectivity index (χ0v) is 10.7. The SMILES string of the molecule is Cc1cc(N)c2ccnc(Nc3ccccc3)c2c1. The highest BCUT2D eigenvalue weighted by Crippen LogP contribution is 2.29. The van der Waals surface area contributed by atoms with E-state index in [1.54, 1.807) is 6.20 Å². The van der Waals surface area contributed by atoms with E-state index in [0.717, 1.165) is 33.5 Å². The van der Waals surface area contributed by atoms with Crippen molar-refractivity contribution in [2.75, 3.05) is 11.1 Å². The number of para-hydroxylation sites is 1. The van der Waals surface area contributed by atoms with Gasteiger partial charge >= 0.3 is 0 Å². The number of hydrogen-bond donors (Lipinski definition) is 2. The minimum absolute atomic E-state index is 0.786. The van der Waals surface area contributed by atoms with Gasteiger partial charge in [-0.25, -0.2) is 4.98 Å². The Hall–Kier alpha value is -2.55. The van der Waals surface area contributed by atoms with Crippen molar-refractivity contribution in [2.45, 2.75) is 6.92 Å². The van der Waals surface area contributed by atoms with Gasteiger partial charge in [0, 0.05) is 28.3 Å². The van der Waals surface area contributed by atoms with Crippen LogP contribution in [0.3, 0.4) is 0 Å². The predicted molar refractivity (Wildman–Crippen MR) is 80.6 cm³/mol. The third kappa shape index (κ3) is 2.22. The molecule has 0 fully saturated rings. The number of fused-ring (bicyclic) bond motifs is 1. The molecule has 0 amide bonds. The molecule has 0 aliphatic carbocycles. The van der Waals surface area contributed by atoms with Gasteiger partial charge < -0.3 is 11.1 Å². The maximum Gasteiger partial charge on any atom is 0.138 e. The number of hydrogen-bond acceptors (Lipinski definition) is 3. The zero-order chi connectivity index (χ0) is 13.2. The van der Waals surface area contributed by atoms with E-state index in [2.05, 4.69) is 16.4 Å². The van der Waals surface area contributed by atoms with E-state index in [1.807, 2.05) is 49.4 Å². The summed E-state index contributed by atoms with van der Waals surface area (Å²) >= 11 is 0. The van der Waals surface area contributed by atoms with Crippen molar-refractivity contribution in [3.63, 3.8) is 0 Å². The monoisotopic (exact) mass is 249 g/mol. The first-order chi connectivity index (χ1) is 9.24. The largest absolute Gasteiger partial charge is 0.398 e. The van der Waals surface area contributed by atoms with Crippen LogP contribution >= 0.6 is 0 Å². The second kappa shape index (κ2) is 4.61. The lowest BCUT2D eigenvalue weighted by Gasteiger charge is -2.10. The minimum Gasteiger partial charge on any atom is -0.398 e. The highest BCUT2D eigenvalue weighted by Gasteiger charge is 2.06. The van der Waals surface area contributed by atoms with Crippen LogP contribution in [-0.2, 0) is 0 Å². The second-order valence-electron chi connectivity index (χ2n) is 4.60. The average Bonchev–Trinajstić information content (AvgIpc) is 2.41. The molecule has 0 radical (unpaired) electrons. The molecule has 0 bridgehead atoms. The third-order valence-corrected chi connectivity index (χ3v) is 3.09. The molecular formula is C16H15N3. The maximum absolute atomic E-state index is 6.06. The molecule has 19 heavy (non-hydrogen) atoms. The molecule has 3 heteroatoms. The Kier molecular flexibility index (Phi) is 2.80. The van der Waals surface area contributed by atoms with Crippen molar-refractivity contribution in [2.24, 2.45) is 0 Å². The van der Waals surface area contributed by atoms with Crippen molar-refractivity contribution < 1.29 is 0 Å². The van der Waals surface area contributed by atoms with Crippen LogP contribution in [0.4, 0.5) is 17.2 Å². The fourth-order valence-corrected chi connectivity index (χ4v) is 2.22. The van der Waals surface area contributed by atoms with Gasteiger partial charge in [0.15, 0.2) is 0 Å². The fraction of sp³-hybridized carbons (Fsp3) is 0.0625. The number of aromatic nitrogens is 1. The Bertz CT molecular complexity index is 721. The van der Waals surface area contributed by atoms with Crippen LogP contribution in [0.25, 0.3) is 10.8 Å². The van der Waals surface area contributed by atoms with Gasteiger partial charge in [0.1, 0.15) is 5.82 Å². The van der Waals surface area contributed by atoms with Crippen LogP contribution in [0, 0.1) is 6.92 Å². The smallest absolute Gasteiger partial charge is 0.138 e. The molecule has 0 aliphatic rings. The van der Waals surface area contributed by atoms with Crippen LogP contribution in [0.5, 0.6) is 0 Å². The molecule has 1 aromatic heterocycles. The van der Waals surface area contributed by atoms with E-state index < -0.39 is 0 Å². The predicted octanol–water partition coefficient (Wildman–Crippen LogP) is 3.87. The quantitative estimate of drug-likeness (QED) is 0.678. The van der Waals surface area contributed by atoms with Crippen LogP contribution < -0.4 is 11.1 Å². The molecule has 0 saturated carbocycles. The Labute approximate surface area is 112 Å².